The number of likely N-dealkylation sites (tertiary alicyclic amines) is 1. The van der Waals surface area contributed by atoms with Gasteiger partial charge in [-0.25, -0.2) is 4.39 Å². The molecule has 4 rings (SSSR count). The summed E-state index contributed by atoms with van der Waals surface area (Å²) in [5.41, 5.74) is 3.11. The molecule has 1 amide bonds. The summed E-state index contributed by atoms with van der Waals surface area (Å²) in [7, 11) is 0. The van der Waals surface area contributed by atoms with E-state index in [-0.39, 0.29) is 17.6 Å². The van der Waals surface area contributed by atoms with E-state index in [0.29, 0.717) is 36.8 Å². The summed E-state index contributed by atoms with van der Waals surface area (Å²) >= 11 is 0. The summed E-state index contributed by atoms with van der Waals surface area (Å²) < 4.78 is 18.3. The minimum Gasteiger partial charge on any atom is -0.342 e. The summed E-state index contributed by atoms with van der Waals surface area (Å²) in [5, 5.41) is 4.04. The van der Waals surface area contributed by atoms with Crippen LogP contribution in [0.1, 0.15) is 29.3 Å². The van der Waals surface area contributed by atoms with Crippen molar-refractivity contribution in [3.63, 3.8) is 0 Å². The highest BCUT2D eigenvalue weighted by atomic mass is 19.1. The average Bonchev–Trinajstić information content (AvgIpc) is 3.29. The summed E-state index contributed by atoms with van der Waals surface area (Å²) in [6, 6.07) is 14.3. The monoisotopic (exact) mass is 365 g/mol. The summed E-state index contributed by atoms with van der Waals surface area (Å²) in [5.74, 6) is 0.592. The van der Waals surface area contributed by atoms with Gasteiger partial charge in [0.15, 0.2) is 5.82 Å². The van der Waals surface area contributed by atoms with Crippen LogP contribution in [0, 0.1) is 12.7 Å². The van der Waals surface area contributed by atoms with Crippen LogP contribution in [0.5, 0.6) is 0 Å². The first-order chi connectivity index (χ1) is 13.1. The fourth-order valence-corrected chi connectivity index (χ4v) is 3.29. The highest BCUT2D eigenvalue weighted by molar-refractivity contribution is 5.79. The number of hydrogen-bond acceptors (Lipinski definition) is 4. The normalized spacial score (nSPS) is 16.9. The number of amides is 1. The molecule has 1 aliphatic rings. The third-order valence-corrected chi connectivity index (χ3v) is 4.90. The van der Waals surface area contributed by atoms with Gasteiger partial charge in [0.05, 0.1) is 0 Å². The molecule has 0 aliphatic carbocycles. The molecule has 2 aromatic carbocycles. The van der Waals surface area contributed by atoms with Crippen molar-refractivity contribution in [3.8, 4) is 11.5 Å². The number of carbonyl (C=O) groups excluding carboxylic acids is 1. The van der Waals surface area contributed by atoms with Gasteiger partial charge in [0.25, 0.3) is 5.89 Å². The molecule has 0 saturated carbocycles. The maximum Gasteiger partial charge on any atom is 0.257 e. The first-order valence-corrected chi connectivity index (χ1v) is 9.01. The Hall–Kier alpha value is -3.02. The number of aryl methyl sites for hydroxylation is 1. The van der Waals surface area contributed by atoms with Crippen LogP contribution in [0.3, 0.4) is 0 Å². The predicted molar refractivity (Wildman–Crippen MR) is 98.5 cm³/mol. The van der Waals surface area contributed by atoms with Crippen molar-refractivity contribution in [2.45, 2.75) is 25.7 Å². The van der Waals surface area contributed by atoms with E-state index in [9.17, 15) is 9.18 Å². The first-order valence-electron chi connectivity index (χ1n) is 9.01. The van der Waals surface area contributed by atoms with Crippen LogP contribution in [-0.2, 0) is 11.2 Å². The molecule has 1 fully saturated rings. The minimum absolute atomic E-state index is 0.0755. The molecule has 1 aromatic heterocycles. The number of rotatable bonds is 5. The largest absolute Gasteiger partial charge is 0.342 e. The van der Waals surface area contributed by atoms with Gasteiger partial charge in [-0.2, -0.15) is 4.98 Å². The van der Waals surface area contributed by atoms with Gasteiger partial charge in [0.2, 0.25) is 5.91 Å². The lowest BCUT2D eigenvalue weighted by atomic mass is 10.1. The third kappa shape index (κ3) is 3.89. The van der Waals surface area contributed by atoms with Crippen molar-refractivity contribution in [1.82, 2.24) is 15.0 Å². The quantitative estimate of drug-likeness (QED) is 0.691. The number of aromatic nitrogens is 2. The van der Waals surface area contributed by atoms with E-state index in [1.54, 1.807) is 12.1 Å². The van der Waals surface area contributed by atoms with E-state index in [2.05, 4.69) is 41.3 Å². The van der Waals surface area contributed by atoms with Crippen LogP contribution >= 0.6 is 0 Å². The second kappa shape index (κ2) is 7.31. The van der Waals surface area contributed by atoms with Gasteiger partial charge in [0, 0.05) is 31.0 Å². The maximum absolute atomic E-state index is 13.0. The Morgan fingerprint density at radius 2 is 1.89 bits per heavy atom. The van der Waals surface area contributed by atoms with Crippen molar-refractivity contribution in [2.24, 2.45) is 0 Å². The lowest BCUT2D eigenvalue weighted by Crippen LogP contribution is -2.27. The average molecular weight is 365 g/mol. The van der Waals surface area contributed by atoms with E-state index in [0.717, 1.165) is 6.42 Å². The maximum atomic E-state index is 13.0. The number of hydrogen-bond donors (Lipinski definition) is 0. The van der Waals surface area contributed by atoms with Crippen LogP contribution in [0.25, 0.3) is 11.5 Å². The fourth-order valence-electron chi connectivity index (χ4n) is 3.29. The van der Waals surface area contributed by atoms with E-state index >= 15 is 0 Å². The smallest absolute Gasteiger partial charge is 0.257 e. The molecule has 1 aliphatic heterocycles. The Balaban J connectivity index is 1.40. The van der Waals surface area contributed by atoms with Gasteiger partial charge in [-0.05, 0) is 43.2 Å². The molecule has 1 saturated heterocycles. The van der Waals surface area contributed by atoms with E-state index in [1.807, 2.05) is 4.90 Å². The molecular formula is C21H20FN3O2. The molecule has 1 atom stereocenters. The lowest BCUT2D eigenvalue weighted by Gasteiger charge is -2.16. The molecule has 0 bridgehead atoms. The number of nitrogens with zero attached hydrogens (tertiary/aromatic N) is 3. The highest BCUT2D eigenvalue weighted by Gasteiger charge is 2.33. The Labute approximate surface area is 156 Å². The summed E-state index contributed by atoms with van der Waals surface area (Å²) in [4.78, 5) is 18.6. The number of carbonyl (C=O) groups is 1. The Bertz CT molecular complexity index is 935. The third-order valence-electron chi connectivity index (χ3n) is 4.90. The Kier molecular flexibility index (Phi) is 4.71. The van der Waals surface area contributed by atoms with Crippen LogP contribution < -0.4 is 0 Å². The van der Waals surface area contributed by atoms with Crippen molar-refractivity contribution in [3.05, 3.63) is 71.3 Å². The van der Waals surface area contributed by atoms with Gasteiger partial charge >= 0.3 is 0 Å². The molecule has 6 heteroatoms. The predicted octanol–water partition coefficient (Wildman–Crippen LogP) is 3.74. The van der Waals surface area contributed by atoms with Crippen molar-refractivity contribution >= 4 is 5.91 Å². The first kappa shape index (κ1) is 17.4. The zero-order valence-corrected chi connectivity index (χ0v) is 15.1. The van der Waals surface area contributed by atoms with E-state index in [1.165, 1.54) is 23.3 Å². The SMILES string of the molecule is Cc1ccc(CCN2CC(c3noc(-c4ccc(F)cc4)n3)CC2=O)cc1. The molecule has 27 heavy (non-hydrogen) atoms. The highest BCUT2D eigenvalue weighted by Crippen LogP contribution is 2.28. The van der Waals surface area contributed by atoms with Gasteiger partial charge in [-0.1, -0.05) is 35.0 Å². The van der Waals surface area contributed by atoms with Crippen molar-refractivity contribution in [2.75, 3.05) is 13.1 Å². The van der Waals surface area contributed by atoms with Gasteiger partial charge in [-0.3, -0.25) is 4.79 Å². The zero-order chi connectivity index (χ0) is 18.8. The summed E-state index contributed by atoms with van der Waals surface area (Å²) in [6.07, 6.45) is 1.21. The van der Waals surface area contributed by atoms with Crippen LogP contribution in [-0.4, -0.2) is 34.0 Å². The Morgan fingerprint density at radius 3 is 2.63 bits per heavy atom. The van der Waals surface area contributed by atoms with Gasteiger partial charge in [-0.15, -0.1) is 0 Å². The molecule has 0 N–H and O–H groups in total. The summed E-state index contributed by atoms with van der Waals surface area (Å²) in [6.45, 7) is 3.33. The molecule has 0 radical (unpaired) electrons. The number of halogens is 1. The van der Waals surface area contributed by atoms with Crippen LogP contribution in [0.2, 0.25) is 0 Å². The zero-order valence-electron chi connectivity index (χ0n) is 15.1. The molecule has 5 nitrogen and oxygen atoms in total. The standard InChI is InChI=1S/C21H20FN3O2/c1-14-2-4-15(5-3-14)10-11-25-13-17(12-19(25)26)20-23-21(27-24-20)16-6-8-18(22)9-7-16/h2-9,17H,10-13H2,1H3. The van der Waals surface area contributed by atoms with Crippen molar-refractivity contribution in [1.29, 1.82) is 0 Å². The van der Waals surface area contributed by atoms with Crippen LogP contribution in [0.4, 0.5) is 4.39 Å². The van der Waals surface area contributed by atoms with E-state index < -0.39 is 0 Å². The minimum atomic E-state index is -0.316. The van der Waals surface area contributed by atoms with Crippen LogP contribution in [0.15, 0.2) is 53.1 Å². The molecule has 138 valence electrons. The molecule has 1 unspecified atom stereocenters. The number of benzene rings is 2. The molecule has 3 aromatic rings. The second-order valence-electron chi connectivity index (χ2n) is 6.94. The van der Waals surface area contributed by atoms with Gasteiger partial charge in [0.1, 0.15) is 5.82 Å². The second-order valence-corrected chi connectivity index (χ2v) is 6.94. The van der Waals surface area contributed by atoms with Crippen molar-refractivity contribution < 1.29 is 13.7 Å². The molecule has 0 spiro atoms. The molecule has 2 heterocycles. The lowest BCUT2D eigenvalue weighted by molar-refractivity contribution is -0.127. The fraction of sp³-hybridized carbons (Fsp3) is 0.286. The Morgan fingerprint density at radius 1 is 1.15 bits per heavy atom. The topological polar surface area (TPSA) is 59.2 Å². The van der Waals surface area contributed by atoms with E-state index in [4.69, 9.17) is 4.52 Å². The molecular weight excluding hydrogens is 345 g/mol. The van der Waals surface area contributed by atoms with Gasteiger partial charge < -0.3 is 9.42 Å².